The van der Waals surface area contributed by atoms with E-state index in [0.717, 1.165) is 21.5 Å². The number of pyridine rings is 1. The van der Waals surface area contributed by atoms with Gasteiger partial charge in [0.15, 0.2) is 0 Å². The van der Waals surface area contributed by atoms with E-state index in [1.54, 1.807) is 11.8 Å². The largest absolute Gasteiger partial charge is 0.469 e. The zero-order valence-corrected chi connectivity index (χ0v) is 23.1. The summed E-state index contributed by atoms with van der Waals surface area (Å²) in [5.74, 6) is -1.07. The van der Waals surface area contributed by atoms with Crippen LogP contribution < -0.4 is 5.43 Å². The van der Waals surface area contributed by atoms with Crippen molar-refractivity contribution >= 4 is 40.6 Å². The van der Waals surface area contributed by atoms with E-state index >= 15 is 0 Å². The van der Waals surface area contributed by atoms with Crippen LogP contribution in [0.25, 0.3) is 10.9 Å². The van der Waals surface area contributed by atoms with Crippen LogP contribution in [0.2, 0.25) is 0 Å². The van der Waals surface area contributed by atoms with E-state index in [4.69, 9.17) is 4.74 Å². The topological polar surface area (TPSA) is 121 Å². The molecule has 2 aromatic rings. The number of methoxy groups -OCH3 is 1. The summed E-state index contributed by atoms with van der Waals surface area (Å²) in [6.07, 6.45) is -0.180. The van der Waals surface area contributed by atoms with Gasteiger partial charge in [-0.3, -0.25) is 24.7 Å². The van der Waals surface area contributed by atoms with E-state index in [9.17, 15) is 19.2 Å². The smallest absolute Gasteiger partial charge is 0.410 e. The van der Waals surface area contributed by atoms with E-state index in [0.29, 0.717) is 44.1 Å². The number of nitrogens with one attached hydrogen (secondary N) is 1. The van der Waals surface area contributed by atoms with Crippen molar-refractivity contribution in [2.24, 2.45) is 0 Å². The quantitative estimate of drug-likeness (QED) is 0.419. The fourth-order valence-corrected chi connectivity index (χ4v) is 4.62. The maximum Gasteiger partial charge on any atom is 0.410 e. The summed E-state index contributed by atoms with van der Waals surface area (Å²) in [6, 6.07) is 9.52. The number of ether oxygens (including phenoxy) is 2. The number of amides is 3. The van der Waals surface area contributed by atoms with Gasteiger partial charge in [-0.05, 0) is 51.8 Å². The number of anilines is 1. The van der Waals surface area contributed by atoms with Crippen LogP contribution in [-0.2, 0) is 30.4 Å². The first kappa shape index (κ1) is 28.0. The molecule has 1 N–H and O–H groups in total. The highest BCUT2D eigenvalue weighted by Crippen LogP contribution is 2.27. The second-order valence-corrected chi connectivity index (χ2v) is 10.7. The number of piperazine rings is 1. The van der Waals surface area contributed by atoms with Gasteiger partial charge in [0.2, 0.25) is 0 Å². The molecule has 0 atom stereocenters. The molecular weight excluding hydrogens is 502 g/mol. The lowest BCUT2D eigenvalue weighted by atomic mass is 10.1. The van der Waals surface area contributed by atoms with E-state index < -0.39 is 23.4 Å². The summed E-state index contributed by atoms with van der Waals surface area (Å²) in [5, 5.41) is 1.91. The molecule has 11 nitrogen and oxygen atoms in total. The zero-order valence-electron chi connectivity index (χ0n) is 23.1. The van der Waals surface area contributed by atoms with Crippen molar-refractivity contribution in [1.82, 2.24) is 19.8 Å². The number of hydrogen-bond donors (Lipinski definition) is 1. The van der Waals surface area contributed by atoms with Crippen LogP contribution in [0.1, 0.15) is 46.1 Å². The highest BCUT2D eigenvalue weighted by molar-refractivity contribution is 6.19. The van der Waals surface area contributed by atoms with Crippen molar-refractivity contribution in [3.63, 3.8) is 0 Å². The van der Waals surface area contributed by atoms with Gasteiger partial charge in [0.25, 0.3) is 11.8 Å². The van der Waals surface area contributed by atoms with Crippen LogP contribution in [0.3, 0.4) is 0 Å². The molecule has 11 heteroatoms. The molecule has 4 rings (SSSR count). The Morgan fingerprint density at radius 3 is 2.41 bits per heavy atom. The molecule has 1 saturated heterocycles. The average Bonchev–Trinajstić information content (AvgIpc) is 3.09. The molecule has 2 aliphatic rings. The van der Waals surface area contributed by atoms with Gasteiger partial charge in [-0.2, -0.15) is 5.01 Å². The number of para-hydroxylation sites is 1. The first-order valence-electron chi connectivity index (χ1n) is 13.0. The number of rotatable bonds is 7. The Bertz CT molecular complexity index is 1320. The minimum atomic E-state index is -0.540. The fraction of sp³-hybridized carbons (Fsp3) is 0.464. The molecule has 1 aromatic heterocycles. The Labute approximate surface area is 227 Å². The van der Waals surface area contributed by atoms with Crippen LogP contribution >= 0.6 is 0 Å². The molecular formula is C28H35N5O6. The predicted octanol–water partition coefficient (Wildman–Crippen LogP) is 3.25. The fourth-order valence-electron chi connectivity index (χ4n) is 4.62. The number of carbonyl (C=O) groups excluding carboxylic acids is 4. The van der Waals surface area contributed by atoms with E-state index in [2.05, 4.69) is 20.0 Å². The monoisotopic (exact) mass is 537 g/mol. The molecule has 0 saturated carbocycles. The van der Waals surface area contributed by atoms with Crippen LogP contribution in [0.5, 0.6) is 0 Å². The van der Waals surface area contributed by atoms with Gasteiger partial charge >= 0.3 is 12.1 Å². The van der Waals surface area contributed by atoms with Gasteiger partial charge in [0, 0.05) is 55.7 Å². The van der Waals surface area contributed by atoms with Gasteiger partial charge in [0.05, 0.1) is 12.6 Å². The SMILES string of the molecule is COC(=O)CCC1=C(C)C(=O)N(Nc2cc(CN3CCN(C(=O)OC(C)(C)C)CC3)c3ccccc3n2)C1=O. The summed E-state index contributed by atoms with van der Waals surface area (Å²) in [4.78, 5) is 58.5. The van der Waals surface area contributed by atoms with Crippen LogP contribution in [0.4, 0.5) is 10.6 Å². The summed E-state index contributed by atoms with van der Waals surface area (Å²) in [5.41, 5.74) is 4.62. The number of imide groups is 1. The van der Waals surface area contributed by atoms with Crippen LogP contribution in [0, 0.1) is 0 Å². The summed E-state index contributed by atoms with van der Waals surface area (Å²) >= 11 is 0. The van der Waals surface area contributed by atoms with Crippen molar-refractivity contribution in [3.05, 3.63) is 47.0 Å². The molecule has 1 aromatic carbocycles. The molecule has 0 aliphatic carbocycles. The molecule has 3 heterocycles. The molecule has 0 bridgehead atoms. The third-order valence-electron chi connectivity index (χ3n) is 6.69. The Morgan fingerprint density at radius 2 is 1.74 bits per heavy atom. The normalized spacial score (nSPS) is 16.7. The standard InChI is InChI=1S/C28H35N5O6/c1-18-20(10-11-24(34)38-5)26(36)33(25(18)35)30-23-16-19(21-8-6-7-9-22(21)29-23)17-31-12-14-32(15-13-31)27(37)39-28(2,3)4/h6-9,16H,10-15,17H2,1-5H3,(H,29,30). The third kappa shape index (κ3) is 6.54. The average molecular weight is 538 g/mol. The molecule has 0 radical (unpaired) electrons. The van der Waals surface area contributed by atoms with E-state index in [1.165, 1.54) is 7.11 Å². The lowest BCUT2D eigenvalue weighted by molar-refractivity contribution is -0.140. The molecule has 1 fully saturated rings. The molecule has 2 aliphatic heterocycles. The highest BCUT2D eigenvalue weighted by atomic mass is 16.6. The maximum atomic E-state index is 13.0. The molecule has 3 amide bonds. The molecule has 0 spiro atoms. The van der Waals surface area contributed by atoms with E-state index in [1.807, 2.05) is 51.1 Å². The Balaban J connectivity index is 1.48. The van der Waals surface area contributed by atoms with Crippen molar-refractivity contribution in [3.8, 4) is 0 Å². The first-order chi connectivity index (χ1) is 18.5. The summed E-state index contributed by atoms with van der Waals surface area (Å²) < 4.78 is 10.2. The van der Waals surface area contributed by atoms with Gasteiger partial charge in [-0.25, -0.2) is 9.78 Å². The van der Waals surface area contributed by atoms with Crippen molar-refractivity contribution in [2.45, 2.75) is 52.7 Å². The highest BCUT2D eigenvalue weighted by Gasteiger charge is 2.36. The number of esters is 1. The van der Waals surface area contributed by atoms with E-state index in [-0.39, 0.29) is 24.5 Å². The van der Waals surface area contributed by atoms with Crippen LogP contribution in [0.15, 0.2) is 41.5 Å². The van der Waals surface area contributed by atoms with Gasteiger partial charge in [-0.1, -0.05) is 18.2 Å². The summed E-state index contributed by atoms with van der Waals surface area (Å²) in [7, 11) is 1.28. The maximum absolute atomic E-state index is 13.0. The Hall–Kier alpha value is -3.99. The van der Waals surface area contributed by atoms with Crippen molar-refractivity contribution in [1.29, 1.82) is 0 Å². The van der Waals surface area contributed by atoms with Crippen molar-refractivity contribution in [2.75, 3.05) is 38.7 Å². The minimum Gasteiger partial charge on any atom is -0.469 e. The number of benzene rings is 1. The van der Waals surface area contributed by atoms with Gasteiger partial charge in [-0.15, -0.1) is 0 Å². The third-order valence-corrected chi connectivity index (χ3v) is 6.69. The second-order valence-electron chi connectivity index (χ2n) is 10.7. The molecule has 208 valence electrons. The summed E-state index contributed by atoms with van der Waals surface area (Å²) in [6.45, 7) is 10.2. The molecule has 39 heavy (non-hydrogen) atoms. The zero-order chi connectivity index (χ0) is 28.3. The van der Waals surface area contributed by atoms with Gasteiger partial charge in [0.1, 0.15) is 11.4 Å². The van der Waals surface area contributed by atoms with Crippen molar-refractivity contribution < 1.29 is 28.7 Å². The lowest BCUT2D eigenvalue weighted by Crippen LogP contribution is -2.49. The Kier molecular flexibility index (Phi) is 8.19. The van der Waals surface area contributed by atoms with Crippen LogP contribution in [-0.4, -0.2) is 82.6 Å². The number of carbonyl (C=O) groups is 4. The molecule has 0 unspecified atom stereocenters. The minimum absolute atomic E-state index is 0.00952. The number of aromatic nitrogens is 1. The number of hydrazine groups is 1. The second kappa shape index (κ2) is 11.4. The first-order valence-corrected chi connectivity index (χ1v) is 13.0. The predicted molar refractivity (Wildman–Crippen MR) is 144 cm³/mol. The number of nitrogens with zero attached hydrogens (tertiary/aromatic N) is 4. The number of hydrogen-bond acceptors (Lipinski definition) is 9. The lowest BCUT2D eigenvalue weighted by Gasteiger charge is -2.35. The Morgan fingerprint density at radius 1 is 1.05 bits per heavy atom. The van der Waals surface area contributed by atoms with Gasteiger partial charge < -0.3 is 14.4 Å². The number of fused-ring (bicyclic) bond motifs is 1.